The zero-order valence-corrected chi connectivity index (χ0v) is 18.7. The summed E-state index contributed by atoms with van der Waals surface area (Å²) in [5.41, 5.74) is 0. The summed E-state index contributed by atoms with van der Waals surface area (Å²) in [7, 11) is 0. The summed E-state index contributed by atoms with van der Waals surface area (Å²) in [6.45, 7) is 9.03. The van der Waals surface area contributed by atoms with Crippen LogP contribution in [0, 0.1) is 0 Å². The minimum atomic E-state index is 0. The number of aliphatic imine (C=N–C) groups is 1. The number of halogens is 1. The molecule has 0 bridgehead atoms. The first kappa shape index (κ1) is 22.0. The molecule has 5 nitrogen and oxygen atoms in total. The van der Waals surface area contributed by atoms with Crippen LogP contribution in [0.25, 0.3) is 0 Å². The van der Waals surface area contributed by atoms with E-state index in [9.17, 15) is 0 Å². The van der Waals surface area contributed by atoms with Crippen LogP contribution in [0.4, 0.5) is 0 Å². The molecule has 2 aliphatic heterocycles. The third kappa shape index (κ3) is 6.68. The van der Waals surface area contributed by atoms with Crippen molar-refractivity contribution >= 4 is 29.9 Å². The molecule has 26 heavy (non-hydrogen) atoms. The molecule has 6 heteroatoms. The van der Waals surface area contributed by atoms with E-state index in [1.165, 1.54) is 44.9 Å². The van der Waals surface area contributed by atoms with E-state index in [1.807, 2.05) is 0 Å². The molecule has 0 aromatic carbocycles. The van der Waals surface area contributed by atoms with E-state index in [0.717, 1.165) is 51.8 Å². The maximum atomic E-state index is 6.09. The highest BCUT2D eigenvalue weighted by Gasteiger charge is 2.29. The lowest BCUT2D eigenvalue weighted by Gasteiger charge is -2.25. The number of hydrogen-bond acceptors (Lipinski definition) is 3. The van der Waals surface area contributed by atoms with Gasteiger partial charge < -0.3 is 15.0 Å². The van der Waals surface area contributed by atoms with E-state index in [0.29, 0.717) is 12.1 Å². The fraction of sp³-hybridized carbons (Fsp3) is 0.850. The third-order valence-corrected chi connectivity index (χ3v) is 5.67. The first-order chi connectivity index (χ1) is 12.4. The molecule has 1 N–H and O–H groups in total. The van der Waals surface area contributed by atoms with Gasteiger partial charge in [0.05, 0.1) is 19.3 Å². The Balaban J connectivity index is 0.00000243. The van der Waals surface area contributed by atoms with Crippen molar-refractivity contribution in [2.45, 2.75) is 64.0 Å². The second kappa shape index (κ2) is 12.2. The number of likely N-dealkylation sites (tertiary alicyclic amines) is 1. The van der Waals surface area contributed by atoms with Crippen LogP contribution < -0.4 is 5.32 Å². The highest BCUT2D eigenvalue weighted by Crippen LogP contribution is 2.20. The van der Waals surface area contributed by atoms with Gasteiger partial charge in [-0.2, -0.15) is 0 Å². The molecule has 0 amide bonds. The van der Waals surface area contributed by atoms with Gasteiger partial charge in [-0.05, 0) is 26.2 Å². The highest BCUT2D eigenvalue weighted by atomic mass is 127. The summed E-state index contributed by atoms with van der Waals surface area (Å²) in [5.74, 6) is 1.07. The van der Waals surface area contributed by atoms with E-state index in [2.05, 4.69) is 34.2 Å². The number of hydrogen-bond donors (Lipinski definition) is 1. The van der Waals surface area contributed by atoms with Gasteiger partial charge in [0.15, 0.2) is 5.96 Å². The molecule has 0 radical (unpaired) electrons. The zero-order valence-electron chi connectivity index (χ0n) is 16.4. The Morgan fingerprint density at radius 3 is 2.54 bits per heavy atom. The number of ether oxygens (including phenoxy) is 1. The van der Waals surface area contributed by atoms with E-state index in [4.69, 9.17) is 9.73 Å². The Kier molecular flexibility index (Phi) is 10.3. The molecule has 1 saturated carbocycles. The van der Waals surface area contributed by atoms with Crippen LogP contribution in [-0.4, -0.2) is 73.8 Å². The molecule has 1 atom stereocenters. The second-order valence-corrected chi connectivity index (χ2v) is 7.53. The minimum Gasteiger partial charge on any atom is -0.376 e. The van der Waals surface area contributed by atoms with E-state index in [-0.39, 0.29) is 24.0 Å². The molecule has 0 aromatic heterocycles. The Hall–Kier alpha value is -0.340. The Morgan fingerprint density at radius 1 is 1.12 bits per heavy atom. The molecule has 1 unspecified atom stereocenters. The molecule has 0 spiro atoms. The second-order valence-electron chi connectivity index (χ2n) is 7.53. The molecule has 3 aliphatic rings. The van der Waals surface area contributed by atoms with Gasteiger partial charge in [-0.3, -0.25) is 9.89 Å². The fourth-order valence-corrected chi connectivity index (χ4v) is 4.23. The van der Waals surface area contributed by atoms with Crippen molar-refractivity contribution in [2.24, 2.45) is 4.99 Å². The molecule has 1 saturated heterocycles. The predicted molar refractivity (Wildman–Crippen MR) is 120 cm³/mol. The molecular formula is C20H37IN4O. The van der Waals surface area contributed by atoms with Crippen LogP contribution in [-0.2, 0) is 4.74 Å². The van der Waals surface area contributed by atoms with Crippen molar-refractivity contribution in [3.05, 3.63) is 12.2 Å². The van der Waals surface area contributed by atoms with Crippen molar-refractivity contribution in [2.75, 3.05) is 45.9 Å². The quantitative estimate of drug-likeness (QED) is 0.160. The lowest BCUT2D eigenvalue weighted by Crippen LogP contribution is -2.43. The highest BCUT2D eigenvalue weighted by molar-refractivity contribution is 14.0. The monoisotopic (exact) mass is 476 g/mol. The van der Waals surface area contributed by atoms with Gasteiger partial charge in [0.25, 0.3) is 0 Å². The number of nitrogens with one attached hydrogen (secondary N) is 1. The lowest BCUT2D eigenvalue weighted by molar-refractivity contribution is 0.0486. The summed E-state index contributed by atoms with van der Waals surface area (Å²) in [6.07, 6.45) is 14.2. The lowest BCUT2D eigenvalue weighted by atomic mass is 10.1. The summed E-state index contributed by atoms with van der Waals surface area (Å²) in [4.78, 5) is 9.83. The molecule has 1 aliphatic carbocycles. The van der Waals surface area contributed by atoms with Gasteiger partial charge in [-0.1, -0.05) is 37.8 Å². The van der Waals surface area contributed by atoms with Crippen molar-refractivity contribution in [1.29, 1.82) is 0 Å². The van der Waals surface area contributed by atoms with Gasteiger partial charge in [0.1, 0.15) is 0 Å². The molecule has 2 heterocycles. The SMILES string of the molecule is CCNC(=NCCOC1CCCCCC1)N1CCC(N2CC=CC2)C1.I. The molecule has 150 valence electrons. The number of rotatable bonds is 6. The van der Waals surface area contributed by atoms with Crippen molar-refractivity contribution in [3.63, 3.8) is 0 Å². The smallest absolute Gasteiger partial charge is 0.194 e. The van der Waals surface area contributed by atoms with Gasteiger partial charge in [0.2, 0.25) is 0 Å². The predicted octanol–water partition coefficient (Wildman–Crippen LogP) is 3.26. The largest absolute Gasteiger partial charge is 0.376 e. The van der Waals surface area contributed by atoms with Gasteiger partial charge >= 0.3 is 0 Å². The zero-order chi connectivity index (χ0) is 17.3. The molecule has 0 aromatic rings. The van der Waals surface area contributed by atoms with Crippen molar-refractivity contribution in [3.8, 4) is 0 Å². The van der Waals surface area contributed by atoms with Crippen LogP contribution in [0.1, 0.15) is 51.9 Å². The van der Waals surface area contributed by atoms with Gasteiger partial charge in [-0.15, -0.1) is 24.0 Å². The van der Waals surface area contributed by atoms with E-state index < -0.39 is 0 Å². The maximum absolute atomic E-state index is 6.09. The van der Waals surface area contributed by atoms with Gasteiger partial charge in [0, 0.05) is 38.8 Å². The Bertz CT molecular complexity index is 441. The first-order valence-electron chi connectivity index (χ1n) is 10.4. The summed E-state index contributed by atoms with van der Waals surface area (Å²) in [5, 5.41) is 3.47. The Labute approximate surface area is 176 Å². The summed E-state index contributed by atoms with van der Waals surface area (Å²) >= 11 is 0. The third-order valence-electron chi connectivity index (χ3n) is 5.67. The van der Waals surface area contributed by atoms with E-state index in [1.54, 1.807) is 0 Å². The topological polar surface area (TPSA) is 40.1 Å². The average Bonchev–Trinajstić information content (AvgIpc) is 3.25. The van der Waals surface area contributed by atoms with E-state index >= 15 is 0 Å². The first-order valence-corrected chi connectivity index (χ1v) is 10.4. The van der Waals surface area contributed by atoms with Gasteiger partial charge in [-0.25, -0.2) is 0 Å². The van der Waals surface area contributed by atoms with Crippen LogP contribution >= 0.6 is 24.0 Å². The summed E-state index contributed by atoms with van der Waals surface area (Å²) < 4.78 is 6.09. The van der Waals surface area contributed by atoms with Crippen LogP contribution in [0.2, 0.25) is 0 Å². The molecular weight excluding hydrogens is 439 g/mol. The average molecular weight is 476 g/mol. The standard InChI is InChI=1S/C20H36N4O.HI/c1-2-21-20(22-12-16-25-19-9-5-3-4-6-10-19)24-15-11-18(17-24)23-13-7-8-14-23;/h7-8,18-19H,2-6,9-17H2,1H3,(H,21,22);1H. The molecule has 2 fully saturated rings. The van der Waals surface area contributed by atoms with Crippen LogP contribution in [0.5, 0.6) is 0 Å². The normalized spacial score (nSPS) is 25.3. The maximum Gasteiger partial charge on any atom is 0.194 e. The fourth-order valence-electron chi connectivity index (χ4n) is 4.23. The Morgan fingerprint density at radius 2 is 1.85 bits per heavy atom. The van der Waals surface area contributed by atoms with Crippen molar-refractivity contribution < 1.29 is 4.74 Å². The van der Waals surface area contributed by atoms with Crippen LogP contribution in [0.3, 0.4) is 0 Å². The molecule has 3 rings (SSSR count). The summed E-state index contributed by atoms with van der Waals surface area (Å²) in [6, 6.07) is 0.668. The van der Waals surface area contributed by atoms with Crippen molar-refractivity contribution in [1.82, 2.24) is 15.1 Å². The minimum absolute atomic E-state index is 0. The number of nitrogens with zero attached hydrogens (tertiary/aromatic N) is 3. The van der Waals surface area contributed by atoms with Crippen LogP contribution in [0.15, 0.2) is 17.1 Å². The number of guanidine groups is 1.